The maximum atomic E-state index is 14.5. The lowest BCUT2D eigenvalue weighted by Crippen LogP contribution is -2.13. The quantitative estimate of drug-likeness (QED) is 0.0578. The molecule has 0 spiro atoms. The van der Waals surface area contributed by atoms with E-state index in [4.69, 9.17) is 0 Å². The molecule has 4 aromatic rings. The molecule has 0 atom stereocenters. The summed E-state index contributed by atoms with van der Waals surface area (Å²) in [5.41, 5.74) is 7.79. The fraction of sp³-hybridized carbons (Fsp3) is 0.556. The van der Waals surface area contributed by atoms with Crippen LogP contribution in [0.15, 0.2) is 84.9 Å². The van der Waals surface area contributed by atoms with E-state index in [1.807, 2.05) is 24.3 Å². The Hall–Kier alpha value is -4.14. The van der Waals surface area contributed by atoms with E-state index in [2.05, 4.69) is 99.9 Å². The smallest absolute Gasteiger partial charge is 0.127 e. The Morgan fingerprint density at radius 3 is 1.09 bits per heavy atom. The van der Waals surface area contributed by atoms with Crippen LogP contribution in [-0.2, 0) is 12.8 Å². The molecule has 2 saturated carbocycles. The van der Waals surface area contributed by atoms with Gasteiger partial charge in [0.05, 0.1) is 0 Å². The van der Waals surface area contributed by atoms with Crippen molar-refractivity contribution in [3.63, 3.8) is 0 Å². The van der Waals surface area contributed by atoms with Crippen molar-refractivity contribution in [2.24, 2.45) is 23.7 Å². The second-order valence-electron chi connectivity index (χ2n) is 19.7. The Morgan fingerprint density at radius 2 is 0.723 bits per heavy atom. The summed E-state index contributed by atoms with van der Waals surface area (Å²) in [5.74, 6) is 16.7. The van der Waals surface area contributed by atoms with Crippen LogP contribution in [0.25, 0.3) is 22.3 Å². The number of unbranched alkanes of at least 4 members (excludes halogenated alkanes) is 11. The maximum absolute atomic E-state index is 14.5. The van der Waals surface area contributed by atoms with Crippen LogP contribution in [0.1, 0.15) is 210 Å². The number of rotatable bonds is 21. The van der Waals surface area contributed by atoms with Crippen LogP contribution in [0.3, 0.4) is 0 Å². The van der Waals surface area contributed by atoms with Gasteiger partial charge in [0.15, 0.2) is 0 Å². The Bertz CT molecular complexity index is 2030. The summed E-state index contributed by atoms with van der Waals surface area (Å²) in [7, 11) is 0. The van der Waals surface area contributed by atoms with E-state index in [1.165, 1.54) is 122 Å². The molecule has 2 aliphatic rings. The third-order valence-corrected chi connectivity index (χ3v) is 14.4. The molecule has 0 unspecified atom stereocenters. The third kappa shape index (κ3) is 18.9. The summed E-state index contributed by atoms with van der Waals surface area (Å²) in [6, 6.07) is 28.0. The van der Waals surface area contributed by atoms with Crippen LogP contribution in [0.5, 0.6) is 0 Å². The second kappa shape index (κ2) is 30.2. The zero-order valence-corrected chi connectivity index (χ0v) is 41.2. The number of halogens is 2. The SMILES string of the molecule is CCCCCCC1CCC(C#Cc2ccc(-c3ccc(CCCCC)c(F)c3)cc2)CC1.CCCCCCCC1CCC(C#Cc2ccc(-c3ccc(CCCCC)c(F)c3)cc2)CC1. The monoisotopic (exact) mass is 879 g/mol. The van der Waals surface area contributed by atoms with Crippen LogP contribution in [-0.4, -0.2) is 0 Å². The van der Waals surface area contributed by atoms with Gasteiger partial charge in [0, 0.05) is 23.0 Å². The second-order valence-corrected chi connectivity index (χ2v) is 19.7. The van der Waals surface area contributed by atoms with E-state index in [1.54, 1.807) is 12.1 Å². The molecule has 0 radical (unpaired) electrons. The molecular formula is C63H84F2. The minimum absolute atomic E-state index is 0.0796. The molecule has 2 fully saturated rings. The number of aryl methyl sites for hydroxylation is 2. The topological polar surface area (TPSA) is 0 Å². The van der Waals surface area contributed by atoms with Crippen molar-refractivity contribution in [3.8, 4) is 45.9 Å². The van der Waals surface area contributed by atoms with Gasteiger partial charge in [0.2, 0.25) is 0 Å². The first-order chi connectivity index (χ1) is 31.9. The van der Waals surface area contributed by atoms with E-state index < -0.39 is 0 Å². The van der Waals surface area contributed by atoms with Crippen molar-refractivity contribution in [1.82, 2.24) is 0 Å². The first-order valence-corrected chi connectivity index (χ1v) is 26.7. The van der Waals surface area contributed by atoms with E-state index in [0.717, 1.165) is 108 Å². The predicted molar refractivity (Wildman–Crippen MR) is 277 cm³/mol. The molecule has 0 saturated heterocycles. The van der Waals surface area contributed by atoms with Gasteiger partial charge >= 0.3 is 0 Å². The van der Waals surface area contributed by atoms with Crippen LogP contribution in [0, 0.1) is 59.0 Å². The minimum atomic E-state index is -0.0802. The standard InChI is InChI=1S/C32H43F.C31H41F/c1-3-5-7-8-10-11-26-13-15-27(16-14-26)17-18-28-19-21-29(22-20-28)31-24-23-30(32(33)25-31)12-9-6-4-2;1-3-5-7-9-10-25-12-14-26(15-13-25)16-17-27-18-20-28(21-19-27)30-23-22-29(31(32)24-30)11-8-6-4-2/h19-27H,3-16H2,1-2H3;18-26H,3-15H2,1-2H3. The Morgan fingerprint density at radius 1 is 0.385 bits per heavy atom. The van der Waals surface area contributed by atoms with Crippen molar-refractivity contribution < 1.29 is 8.78 Å². The number of hydrogen-bond donors (Lipinski definition) is 0. The van der Waals surface area contributed by atoms with Gasteiger partial charge in [-0.2, -0.15) is 0 Å². The molecule has 2 heteroatoms. The third-order valence-electron chi connectivity index (χ3n) is 14.4. The fourth-order valence-corrected chi connectivity index (χ4v) is 9.94. The average Bonchev–Trinajstić information content (AvgIpc) is 3.34. The highest BCUT2D eigenvalue weighted by Gasteiger charge is 2.20. The lowest BCUT2D eigenvalue weighted by Gasteiger charge is -2.25. The summed E-state index contributed by atoms with van der Waals surface area (Å²) in [4.78, 5) is 0. The van der Waals surface area contributed by atoms with E-state index in [0.29, 0.717) is 11.8 Å². The fourth-order valence-electron chi connectivity index (χ4n) is 9.94. The average molecular weight is 879 g/mol. The van der Waals surface area contributed by atoms with Crippen molar-refractivity contribution in [1.29, 1.82) is 0 Å². The van der Waals surface area contributed by atoms with E-state index >= 15 is 0 Å². The molecule has 0 amide bonds. The van der Waals surface area contributed by atoms with Crippen molar-refractivity contribution in [2.45, 2.75) is 201 Å². The van der Waals surface area contributed by atoms with E-state index in [-0.39, 0.29) is 11.6 Å². The van der Waals surface area contributed by atoms with Gasteiger partial charge in [-0.25, -0.2) is 8.78 Å². The molecular weight excluding hydrogens is 795 g/mol. The predicted octanol–water partition coefficient (Wildman–Crippen LogP) is 19.1. The van der Waals surface area contributed by atoms with Gasteiger partial charge in [-0.1, -0.05) is 196 Å². The van der Waals surface area contributed by atoms with E-state index in [9.17, 15) is 8.78 Å². The first kappa shape index (κ1) is 51.8. The highest BCUT2D eigenvalue weighted by atomic mass is 19.1. The van der Waals surface area contributed by atoms with Crippen molar-refractivity contribution in [3.05, 3.63) is 119 Å². The molecule has 0 N–H and O–H groups in total. The molecule has 350 valence electrons. The van der Waals surface area contributed by atoms with Crippen LogP contribution in [0.4, 0.5) is 8.78 Å². The summed E-state index contributed by atoms with van der Waals surface area (Å²) < 4.78 is 29.0. The summed E-state index contributed by atoms with van der Waals surface area (Å²) in [6.45, 7) is 8.92. The van der Waals surface area contributed by atoms with Gasteiger partial charge in [0.1, 0.15) is 11.6 Å². The molecule has 0 aromatic heterocycles. The molecule has 2 aliphatic carbocycles. The minimum Gasteiger partial charge on any atom is -0.207 e. The van der Waals surface area contributed by atoms with Gasteiger partial charge < -0.3 is 0 Å². The lowest BCUT2D eigenvalue weighted by atomic mass is 9.80. The lowest BCUT2D eigenvalue weighted by molar-refractivity contribution is 0.294. The van der Waals surface area contributed by atoms with Crippen molar-refractivity contribution in [2.75, 3.05) is 0 Å². The van der Waals surface area contributed by atoms with Gasteiger partial charge in [-0.05, 0) is 159 Å². The zero-order chi connectivity index (χ0) is 45.9. The highest BCUT2D eigenvalue weighted by molar-refractivity contribution is 5.66. The Labute approximate surface area is 396 Å². The first-order valence-electron chi connectivity index (χ1n) is 26.7. The highest BCUT2D eigenvalue weighted by Crippen LogP contribution is 2.33. The summed E-state index contributed by atoms with van der Waals surface area (Å²) in [5, 5.41) is 0. The number of benzene rings is 4. The Balaban J connectivity index is 0.000000244. The molecule has 0 heterocycles. The molecule has 0 aliphatic heterocycles. The maximum Gasteiger partial charge on any atom is 0.127 e. The van der Waals surface area contributed by atoms with Crippen molar-refractivity contribution >= 4 is 0 Å². The normalized spacial score (nSPS) is 18.1. The van der Waals surface area contributed by atoms with Gasteiger partial charge in [-0.3, -0.25) is 0 Å². The van der Waals surface area contributed by atoms with Crippen LogP contribution in [0.2, 0.25) is 0 Å². The summed E-state index contributed by atoms with van der Waals surface area (Å²) >= 11 is 0. The van der Waals surface area contributed by atoms with Gasteiger partial charge in [-0.15, -0.1) is 0 Å². The molecule has 0 bridgehead atoms. The molecule has 65 heavy (non-hydrogen) atoms. The van der Waals surface area contributed by atoms with Crippen LogP contribution < -0.4 is 0 Å². The summed E-state index contributed by atoms with van der Waals surface area (Å²) in [6.07, 6.45) is 34.2. The molecule has 4 aromatic carbocycles. The largest absolute Gasteiger partial charge is 0.207 e. The Kier molecular flexibility index (Phi) is 24.1. The molecule has 0 nitrogen and oxygen atoms in total. The van der Waals surface area contributed by atoms with Crippen LogP contribution >= 0.6 is 0 Å². The zero-order valence-electron chi connectivity index (χ0n) is 41.2. The van der Waals surface area contributed by atoms with Gasteiger partial charge in [0.25, 0.3) is 0 Å². The number of hydrogen-bond acceptors (Lipinski definition) is 0. The molecule has 6 rings (SSSR count).